The Hall–Kier alpha value is -0.870. The molecule has 0 saturated carbocycles. The van der Waals surface area contributed by atoms with E-state index in [1.807, 2.05) is 0 Å². The van der Waals surface area contributed by atoms with E-state index in [2.05, 4.69) is 34.4 Å². The summed E-state index contributed by atoms with van der Waals surface area (Å²) < 4.78 is 0. The maximum Gasteiger partial charge on any atom is 0.0796 e. The minimum Gasteiger partial charge on any atom is -0.315 e. The van der Waals surface area contributed by atoms with E-state index in [0.717, 1.165) is 26.2 Å². The summed E-state index contributed by atoms with van der Waals surface area (Å²) in [6, 6.07) is 0. The lowest BCUT2D eigenvalue weighted by atomic mass is 10.1. The Bertz CT molecular complexity index is 372. The van der Waals surface area contributed by atoms with Gasteiger partial charge in [-0.05, 0) is 51.3 Å². The highest BCUT2D eigenvalue weighted by atomic mass is 15.2. The van der Waals surface area contributed by atoms with Gasteiger partial charge < -0.3 is 5.32 Å². The Kier molecular flexibility index (Phi) is 5.86. The van der Waals surface area contributed by atoms with Crippen molar-refractivity contribution in [3.63, 3.8) is 0 Å². The van der Waals surface area contributed by atoms with Crippen LogP contribution in [-0.4, -0.2) is 41.8 Å². The molecule has 2 N–H and O–H groups in total. The number of nitrogens with one attached hydrogen (secondary N) is 2. The summed E-state index contributed by atoms with van der Waals surface area (Å²) in [5, 5.41) is 11.2. The molecule has 0 bridgehead atoms. The molecule has 19 heavy (non-hydrogen) atoms. The molecule has 1 aliphatic carbocycles. The average Bonchev–Trinajstić information content (AvgIpc) is 2.64. The molecular weight excluding hydrogens is 236 g/mol. The van der Waals surface area contributed by atoms with Crippen molar-refractivity contribution in [1.82, 2.24) is 20.4 Å². The number of aryl methyl sites for hydroxylation is 1. The topological polar surface area (TPSA) is 44.0 Å². The summed E-state index contributed by atoms with van der Waals surface area (Å²) in [6.07, 6.45) is 7.59. The SMILES string of the molecule is CCCNCCN(C)Cc1n[nH]c2c1CCCCC2. The molecule has 1 aromatic heterocycles. The summed E-state index contributed by atoms with van der Waals surface area (Å²) in [7, 11) is 2.19. The lowest BCUT2D eigenvalue weighted by molar-refractivity contribution is 0.319. The molecule has 4 heteroatoms. The monoisotopic (exact) mass is 264 g/mol. The first-order valence-electron chi connectivity index (χ1n) is 7.75. The van der Waals surface area contributed by atoms with Crippen LogP contribution in [-0.2, 0) is 19.4 Å². The number of rotatable bonds is 7. The van der Waals surface area contributed by atoms with E-state index < -0.39 is 0 Å². The molecular formula is C15H28N4. The molecule has 4 nitrogen and oxygen atoms in total. The third kappa shape index (κ3) is 4.32. The van der Waals surface area contributed by atoms with Crippen molar-refractivity contribution in [2.24, 2.45) is 0 Å². The van der Waals surface area contributed by atoms with Gasteiger partial charge in [-0.3, -0.25) is 10.00 Å². The number of hydrogen-bond acceptors (Lipinski definition) is 3. The second-order valence-electron chi connectivity index (χ2n) is 5.68. The van der Waals surface area contributed by atoms with Crippen molar-refractivity contribution in [2.45, 2.75) is 52.0 Å². The van der Waals surface area contributed by atoms with Gasteiger partial charge in [-0.2, -0.15) is 5.10 Å². The van der Waals surface area contributed by atoms with E-state index in [9.17, 15) is 0 Å². The highest BCUT2D eigenvalue weighted by molar-refractivity contribution is 5.26. The molecule has 1 aliphatic rings. The van der Waals surface area contributed by atoms with Crippen LogP contribution in [0.25, 0.3) is 0 Å². The van der Waals surface area contributed by atoms with E-state index >= 15 is 0 Å². The summed E-state index contributed by atoms with van der Waals surface area (Å²) >= 11 is 0. The standard InChI is InChI=1S/C15H28N4/c1-3-9-16-10-11-19(2)12-15-13-7-5-4-6-8-14(13)17-18-15/h16H,3-12H2,1-2H3,(H,17,18). The first-order chi connectivity index (χ1) is 9.31. The molecule has 0 spiro atoms. The molecule has 0 aliphatic heterocycles. The molecule has 1 heterocycles. The Balaban J connectivity index is 1.83. The number of aromatic nitrogens is 2. The van der Waals surface area contributed by atoms with Crippen LogP contribution in [0.3, 0.4) is 0 Å². The van der Waals surface area contributed by atoms with Gasteiger partial charge in [-0.15, -0.1) is 0 Å². The van der Waals surface area contributed by atoms with Crippen molar-refractivity contribution >= 4 is 0 Å². The van der Waals surface area contributed by atoms with Crippen molar-refractivity contribution in [2.75, 3.05) is 26.7 Å². The van der Waals surface area contributed by atoms with Gasteiger partial charge in [0.1, 0.15) is 0 Å². The van der Waals surface area contributed by atoms with Gasteiger partial charge >= 0.3 is 0 Å². The highest BCUT2D eigenvalue weighted by Gasteiger charge is 2.16. The molecule has 2 rings (SSSR count). The second kappa shape index (κ2) is 7.65. The third-order valence-electron chi connectivity index (χ3n) is 3.91. The third-order valence-corrected chi connectivity index (χ3v) is 3.91. The molecule has 0 amide bonds. The van der Waals surface area contributed by atoms with Gasteiger partial charge in [0.15, 0.2) is 0 Å². The largest absolute Gasteiger partial charge is 0.315 e. The Morgan fingerprint density at radius 3 is 2.89 bits per heavy atom. The predicted octanol–water partition coefficient (Wildman–Crippen LogP) is 2.11. The van der Waals surface area contributed by atoms with Crippen LogP contribution in [0.15, 0.2) is 0 Å². The van der Waals surface area contributed by atoms with Crippen molar-refractivity contribution < 1.29 is 0 Å². The Morgan fingerprint density at radius 2 is 2.05 bits per heavy atom. The summed E-state index contributed by atoms with van der Waals surface area (Å²) in [6.45, 7) is 6.44. The first-order valence-corrected chi connectivity index (χ1v) is 7.75. The van der Waals surface area contributed by atoms with E-state index in [1.54, 1.807) is 0 Å². The number of H-pyrrole nitrogens is 1. The van der Waals surface area contributed by atoms with Crippen molar-refractivity contribution in [1.29, 1.82) is 0 Å². The van der Waals surface area contributed by atoms with Crippen LogP contribution in [0.4, 0.5) is 0 Å². The fourth-order valence-electron chi connectivity index (χ4n) is 2.76. The molecule has 108 valence electrons. The molecule has 0 atom stereocenters. The van der Waals surface area contributed by atoms with Gasteiger partial charge in [-0.25, -0.2) is 0 Å². The zero-order chi connectivity index (χ0) is 13.5. The van der Waals surface area contributed by atoms with Crippen LogP contribution in [0.5, 0.6) is 0 Å². The van der Waals surface area contributed by atoms with Crippen molar-refractivity contribution in [3.8, 4) is 0 Å². The lowest BCUT2D eigenvalue weighted by Gasteiger charge is -2.16. The smallest absolute Gasteiger partial charge is 0.0796 e. The minimum atomic E-state index is 0.972. The fourth-order valence-corrected chi connectivity index (χ4v) is 2.76. The van der Waals surface area contributed by atoms with E-state index in [0.29, 0.717) is 0 Å². The normalized spacial score (nSPS) is 15.5. The molecule has 0 unspecified atom stereocenters. The van der Waals surface area contributed by atoms with Crippen LogP contribution in [0.2, 0.25) is 0 Å². The van der Waals surface area contributed by atoms with E-state index in [-0.39, 0.29) is 0 Å². The zero-order valence-corrected chi connectivity index (χ0v) is 12.5. The number of fused-ring (bicyclic) bond motifs is 1. The average molecular weight is 264 g/mol. The number of likely N-dealkylation sites (N-methyl/N-ethyl adjacent to an activating group) is 1. The van der Waals surface area contributed by atoms with Gasteiger partial charge in [0.25, 0.3) is 0 Å². The minimum absolute atomic E-state index is 0.972. The molecule has 0 fully saturated rings. The fraction of sp³-hybridized carbons (Fsp3) is 0.800. The Labute approximate surface area is 117 Å². The number of nitrogens with zero attached hydrogens (tertiary/aromatic N) is 2. The Morgan fingerprint density at radius 1 is 1.21 bits per heavy atom. The molecule has 0 aromatic carbocycles. The first kappa shape index (κ1) is 14.5. The van der Waals surface area contributed by atoms with Crippen LogP contribution in [0, 0.1) is 0 Å². The maximum atomic E-state index is 4.54. The van der Waals surface area contributed by atoms with Gasteiger partial charge in [0.2, 0.25) is 0 Å². The summed E-state index contributed by atoms with van der Waals surface area (Å²) in [4.78, 5) is 2.37. The van der Waals surface area contributed by atoms with E-state index in [1.165, 1.54) is 55.5 Å². The van der Waals surface area contributed by atoms with E-state index in [4.69, 9.17) is 0 Å². The highest BCUT2D eigenvalue weighted by Crippen LogP contribution is 2.22. The molecule has 1 aromatic rings. The van der Waals surface area contributed by atoms with Gasteiger partial charge in [0, 0.05) is 25.3 Å². The van der Waals surface area contributed by atoms with Gasteiger partial charge in [-0.1, -0.05) is 13.3 Å². The summed E-state index contributed by atoms with van der Waals surface area (Å²) in [5.74, 6) is 0. The van der Waals surface area contributed by atoms with Crippen LogP contribution in [0.1, 0.15) is 49.6 Å². The quantitative estimate of drug-likeness (QED) is 0.585. The molecule has 0 saturated heterocycles. The molecule has 0 radical (unpaired) electrons. The lowest BCUT2D eigenvalue weighted by Crippen LogP contribution is -2.29. The van der Waals surface area contributed by atoms with Crippen LogP contribution >= 0.6 is 0 Å². The zero-order valence-electron chi connectivity index (χ0n) is 12.5. The second-order valence-corrected chi connectivity index (χ2v) is 5.68. The predicted molar refractivity (Wildman–Crippen MR) is 79.3 cm³/mol. The van der Waals surface area contributed by atoms with Crippen LogP contribution < -0.4 is 5.32 Å². The number of aromatic amines is 1. The number of hydrogen-bond donors (Lipinski definition) is 2. The van der Waals surface area contributed by atoms with Gasteiger partial charge in [0.05, 0.1) is 5.69 Å². The van der Waals surface area contributed by atoms with Crippen molar-refractivity contribution in [3.05, 3.63) is 17.0 Å². The maximum absolute atomic E-state index is 4.54. The summed E-state index contributed by atoms with van der Waals surface area (Å²) in [5.41, 5.74) is 4.17.